The molecule has 0 aromatic heterocycles. The van der Waals surface area contributed by atoms with E-state index in [9.17, 15) is 14.9 Å². The van der Waals surface area contributed by atoms with Gasteiger partial charge < -0.3 is 14.2 Å². The van der Waals surface area contributed by atoms with Gasteiger partial charge in [-0.2, -0.15) is 5.26 Å². The number of nitrogens with zero attached hydrogens (tertiary/aromatic N) is 1. The molecule has 0 bridgehead atoms. The first-order chi connectivity index (χ1) is 13.9. The molecule has 0 saturated heterocycles. The molecule has 0 N–H and O–H groups in total. The van der Waals surface area contributed by atoms with Crippen molar-refractivity contribution in [2.45, 2.75) is 53.1 Å². The number of hydrogen-bond donors (Lipinski definition) is 0. The Kier molecular flexibility index (Phi) is 6.46. The van der Waals surface area contributed by atoms with Gasteiger partial charge in [0, 0.05) is 11.0 Å². The molecule has 1 atom stereocenters. The number of hydrogen-bond acceptors (Lipinski definition) is 6. The van der Waals surface area contributed by atoms with Gasteiger partial charge in [-0.15, -0.1) is 0 Å². The molecular weight excluding hydrogens is 382 g/mol. The molecule has 1 aromatic carbocycles. The van der Waals surface area contributed by atoms with Crippen LogP contribution < -0.4 is 0 Å². The molecule has 0 radical (unpaired) electrons. The van der Waals surface area contributed by atoms with Crippen LogP contribution in [-0.4, -0.2) is 32.3 Å². The highest BCUT2D eigenvalue weighted by atomic mass is 16.6. The van der Waals surface area contributed by atoms with Crippen LogP contribution >= 0.6 is 0 Å². The molecular formula is C24H29NO5. The fraction of sp³-hybridized carbons (Fsp3) is 0.458. The summed E-state index contributed by atoms with van der Waals surface area (Å²) >= 11 is 0. The SMILES string of the molecule is COC(=O)C1=C(c2ccc(C(C)(C)C)cc2)C(C#N)=C(C(C)(C)C)OC1C(=O)OC. The number of esters is 2. The summed E-state index contributed by atoms with van der Waals surface area (Å²) in [6, 6.07) is 9.76. The van der Waals surface area contributed by atoms with Crippen molar-refractivity contribution in [1.82, 2.24) is 0 Å². The maximum absolute atomic E-state index is 12.7. The van der Waals surface area contributed by atoms with Crippen LogP contribution in [0, 0.1) is 16.7 Å². The minimum absolute atomic E-state index is 0.0441. The summed E-state index contributed by atoms with van der Waals surface area (Å²) in [5.74, 6) is -1.16. The first kappa shape index (κ1) is 23.2. The number of rotatable bonds is 3. The standard InChI is InChI=1S/C24H29NO5/c1-23(2,3)15-11-9-14(10-12-15)17-16(13-25)20(24(4,5)6)30-19(22(27)29-8)18(17)21(26)28-7/h9-12,19H,1-8H3. The van der Waals surface area contributed by atoms with Crippen LogP contribution in [0.25, 0.3) is 5.57 Å². The van der Waals surface area contributed by atoms with Crippen LogP contribution in [0.15, 0.2) is 41.2 Å². The maximum Gasteiger partial charge on any atom is 0.352 e. The Hall–Kier alpha value is -3.07. The van der Waals surface area contributed by atoms with Crippen LogP contribution in [0.3, 0.4) is 0 Å². The quantitative estimate of drug-likeness (QED) is 0.689. The van der Waals surface area contributed by atoms with E-state index < -0.39 is 23.5 Å². The smallest absolute Gasteiger partial charge is 0.352 e. The van der Waals surface area contributed by atoms with Crippen LogP contribution in [0.4, 0.5) is 0 Å². The minimum atomic E-state index is -1.33. The Morgan fingerprint density at radius 2 is 1.53 bits per heavy atom. The van der Waals surface area contributed by atoms with Gasteiger partial charge in [0.25, 0.3) is 0 Å². The molecule has 1 unspecified atom stereocenters. The maximum atomic E-state index is 12.7. The van der Waals surface area contributed by atoms with Gasteiger partial charge in [0.2, 0.25) is 6.10 Å². The first-order valence-corrected chi connectivity index (χ1v) is 9.70. The molecule has 2 rings (SSSR count). The summed E-state index contributed by atoms with van der Waals surface area (Å²) in [4.78, 5) is 25.3. The molecule has 0 fully saturated rings. The van der Waals surface area contributed by atoms with Gasteiger partial charge >= 0.3 is 11.9 Å². The summed E-state index contributed by atoms with van der Waals surface area (Å²) in [6.45, 7) is 11.9. The molecule has 160 valence electrons. The van der Waals surface area contributed by atoms with E-state index in [2.05, 4.69) is 26.8 Å². The van der Waals surface area contributed by atoms with E-state index in [1.165, 1.54) is 14.2 Å². The number of carbonyl (C=O) groups is 2. The van der Waals surface area contributed by atoms with Crippen LogP contribution in [0.5, 0.6) is 0 Å². The molecule has 1 aliphatic heterocycles. The zero-order valence-corrected chi connectivity index (χ0v) is 18.9. The van der Waals surface area contributed by atoms with Crippen molar-refractivity contribution in [3.05, 3.63) is 52.3 Å². The minimum Gasteiger partial charge on any atom is -0.476 e. The normalized spacial score (nSPS) is 17.2. The Morgan fingerprint density at radius 1 is 0.967 bits per heavy atom. The van der Waals surface area contributed by atoms with Gasteiger partial charge in [-0.05, 0) is 16.5 Å². The monoisotopic (exact) mass is 411 g/mol. The van der Waals surface area contributed by atoms with Crippen LogP contribution in [0.1, 0.15) is 52.7 Å². The number of allylic oxidation sites excluding steroid dienone is 3. The van der Waals surface area contributed by atoms with E-state index in [4.69, 9.17) is 14.2 Å². The summed E-state index contributed by atoms with van der Waals surface area (Å²) in [6.07, 6.45) is -1.33. The van der Waals surface area contributed by atoms with Gasteiger partial charge in [0.1, 0.15) is 11.8 Å². The van der Waals surface area contributed by atoms with Crippen molar-refractivity contribution in [3.8, 4) is 6.07 Å². The molecule has 30 heavy (non-hydrogen) atoms. The van der Waals surface area contributed by atoms with Crippen molar-refractivity contribution in [2.24, 2.45) is 5.41 Å². The lowest BCUT2D eigenvalue weighted by Gasteiger charge is -2.34. The molecule has 1 heterocycles. The molecule has 0 amide bonds. The summed E-state index contributed by atoms with van der Waals surface area (Å²) in [5.41, 5.74) is 1.56. The van der Waals surface area contributed by atoms with Gasteiger partial charge in [-0.3, -0.25) is 0 Å². The molecule has 0 saturated carbocycles. The highest BCUT2D eigenvalue weighted by Crippen LogP contribution is 2.43. The Morgan fingerprint density at radius 3 is 1.93 bits per heavy atom. The second kappa shape index (κ2) is 8.35. The van der Waals surface area contributed by atoms with E-state index >= 15 is 0 Å². The van der Waals surface area contributed by atoms with Crippen molar-refractivity contribution in [1.29, 1.82) is 5.26 Å². The van der Waals surface area contributed by atoms with E-state index in [1.807, 2.05) is 45.0 Å². The van der Waals surface area contributed by atoms with E-state index in [1.54, 1.807) is 0 Å². The lowest BCUT2D eigenvalue weighted by Crippen LogP contribution is -2.37. The Balaban J connectivity index is 2.90. The molecule has 6 nitrogen and oxygen atoms in total. The number of ether oxygens (including phenoxy) is 3. The van der Waals surface area contributed by atoms with Crippen molar-refractivity contribution in [2.75, 3.05) is 14.2 Å². The molecule has 6 heteroatoms. The lowest BCUT2D eigenvalue weighted by atomic mass is 9.80. The van der Waals surface area contributed by atoms with E-state index in [0.717, 1.165) is 5.56 Å². The van der Waals surface area contributed by atoms with Crippen molar-refractivity contribution in [3.63, 3.8) is 0 Å². The highest BCUT2D eigenvalue weighted by molar-refractivity contribution is 6.08. The number of methoxy groups -OCH3 is 2. The van der Waals surface area contributed by atoms with E-state index in [-0.39, 0.29) is 16.6 Å². The third kappa shape index (κ3) is 4.40. The summed E-state index contributed by atoms with van der Waals surface area (Å²) in [5, 5.41) is 10.0. The molecule has 1 aromatic rings. The summed E-state index contributed by atoms with van der Waals surface area (Å²) < 4.78 is 15.7. The van der Waals surface area contributed by atoms with Gasteiger partial charge in [-0.1, -0.05) is 65.8 Å². The predicted molar refractivity (Wildman–Crippen MR) is 113 cm³/mol. The third-order valence-electron chi connectivity index (χ3n) is 4.90. The van der Waals surface area contributed by atoms with Crippen LogP contribution in [-0.2, 0) is 29.2 Å². The zero-order valence-electron chi connectivity index (χ0n) is 18.9. The largest absolute Gasteiger partial charge is 0.476 e. The van der Waals surface area contributed by atoms with Gasteiger partial charge in [-0.25, -0.2) is 9.59 Å². The highest BCUT2D eigenvalue weighted by Gasteiger charge is 2.43. The number of carbonyl (C=O) groups excluding carboxylic acids is 2. The molecule has 0 aliphatic carbocycles. The zero-order chi connectivity index (χ0) is 22.9. The predicted octanol–water partition coefficient (Wildman–Crippen LogP) is 4.31. The van der Waals surface area contributed by atoms with Crippen molar-refractivity contribution < 1.29 is 23.8 Å². The fourth-order valence-electron chi connectivity index (χ4n) is 3.30. The Bertz CT molecular complexity index is 947. The van der Waals surface area contributed by atoms with Gasteiger partial charge in [0.05, 0.1) is 25.4 Å². The molecule has 1 aliphatic rings. The second-order valence-electron chi connectivity index (χ2n) is 9.19. The average Bonchev–Trinajstić information content (AvgIpc) is 2.69. The third-order valence-corrected chi connectivity index (χ3v) is 4.90. The lowest BCUT2D eigenvalue weighted by molar-refractivity contribution is -0.153. The van der Waals surface area contributed by atoms with E-state index in [0.29, 0.717) is 16.9 Å². The number of nitriles is 1. The van der Waals surface area contributed by atoms with Gasteiger partial charge in [0.15, 0.2) is 0 Å². The van der Waals surface area contributed by atoms with Crippen molar-refractivity contribution >= 4 is 17.5 Å². The fourth-order valence-corrected chi connectivity index (χ4v) is 3.30. The number of benzene rings is 1. The van der Waals surface area contributed by atoms with Crippen LogP contribution in [0.2, 0.25) is 0 Å². The topological polar surface area (TPSA) is 85.6 Å². The summed E-state index contributed by atoms with van der Waals surface area (Å²) in [7, 11) is 2.44. The first-order valence-electron chi connectivity index (χ1n) is 9.70. The average molecular weight is 411 g/mol. The molecule has 0 spiro atoms. The second-order valence-corrected chi connectivity index (χ2v) is 9.19. The Labute approximate surface area is 178 Å².